The second-order valence-corrected chi connectivity index (χ2v) is 15.2. The molecule has 3 aromatic rings. The van der Waals surface area contributed by atoms with Crippen molar-refractivity contribution in [3.8, 4) is 11.1 Å². The van der Waals surface area contributed by atoms with E-state index in [0.717, 1.165) is 12.0 Å². The Kier molecular flexibility index (Phi) is 5.60. The van der Waals surface area contributed by atoms with Crippen LogP contribution in [-0.4, -0.2) is 18.7 Å². The molecule has 0 atom stereocenters. The molecule has 3 aromatic carbocycles. The predicted octanol–water partition coefficient (Wildman–Crippen LogP) is 8.43. The Hall–Kier alpha value is -2.71. The topological polar surface area (TPSA) is 20.2 Å². The predicted molar refractivity (Wildman–Crippen MR) is 153 cm³/mol. The highest BCUT2D eigenvalue weighted by Gasteiger charge is 2.38. The fourth-order valence-corrected chi connectivity index (χ4v) is 6.85. The van der Waals surface area contributed by atoms with E-state index in [1.807, 2.05) is 0 Å². The van der Waals surface area contributed by atoms with Crippen LogP contribution in [-0.2, 0) is 17.3 Å². The molecule has 0 spiro atoms. The van der Waals surface area contributed by atoms with Gasteiger partial charge in [0.25, 0.3) is 0 Å². The summed E-state index contributed by atoms with van der Waals surface area (Å²) in [4.78, 5) is 0. The Labute approximate surface area is 212 Å². The van der Waals surface area contributed by atoms with E-state index in [2.05, 4.69) is 115 Å². The van der Waals surface area contributed by atoms with Crippen LogP contribution < -0.4 is 0 Å². The van der Waals surface area contributed by atoms with Crippen LogP contribution in [0.5, 0.6) is 0 Å². The zero-order valence-electron chi connectivity index (χ0n) is 22.5. The van der Waals surface area contributed by atoms with Crippen molar-refractivity contribution in [2.24, 2.45) is 0 Å². The first kappa shape index (κ1) is 24.0. The van der Waals surface area contributed by atoms with Gasteiger partial charge in [-0.3, -0.25) is 0 Å². The lowest BCUT2D eigenvalue weighted by Gasteiger charge is -2.29. The quantitative estimate of drug-likeness (QED) is 0.348. The van der Waals surface area contributed by atoms with Crippen LogP contribution in [0.15, 0.2) is 66.4 Å². The first-order valence-electron chi connectivity index (χ1n) is 12.9. The van der Waals surface area contributed by atoms with E-state index in [-0.39, 0.29) is 16.7 Å². The third-order valence-electron chi connectivity index (χ3n) is 7.86. The summed E-state index contributed by atoms with van der Waals surface area (Å²) in [5, 5.41) is 13.0. The van der Waals surface area contributed by atoms with Crippen LogP contribution in [0.1, 0.15) is 80.8 Å². The van der Waals surface area contributed by atoms with Crippen molar-refractivity contribution in [2.75, 3.05) is 0 Å². The molecular formula is C33H38OSi. The highest BCUT2D eigenvalue weighted by Crippen LogP contribution is 2.54. The van der Waals surface area contributed by atoms with Crippen molar-refractivity contribution in [1.29, 1.82) is 0 Å². The average Bonchev–Trinajstić information content (AvgIpc) is 3.10. The van der Waals surface area contributed by atoms with E-state index in [9.17, 15) is 5.11 Å². The van der Waals surface area contributed by atoms with E-state index < -0.39 is 8.41 Å². The molecule has 0 fully saturated rings. The van der Waals surface area contributed by atoms with Gasteiger partial charge >= 0.3 is 0 Å². The Bertz CT molecular complexity index is 1340. The molecule has 1 N–H and O–H groups in total. The van der Waals surface area contributed by atoms with E-state index in [4.69, 9.17) is 0 Å². The van der Waals surface area contributed by atoms with Gasteiger partial charge in [0.15, 0.2) is 0 Å². The zero-order valence-corrected chi connectivity index (χ0v) is 23.5. The summed E-state index contributed by atoms with van der Waals surface area (Å²) in [5.74, 6) is 0.590. The normalized spacial score (nSPS) is 15.7. The molecule has 0 radical (unpaired) electrons. The van der Waals surface area contributed by atoms with Crippen LogP contribution in [0.4, 0.5) is 0 Å². The molecule has 2 aliphatic carbocycles. The van der Waals surface area contributed by atoms with E-state index in [0.29, 0.717) is 5.76 Å². The van der Waals surface area contributed by atoms with Gasteiger partial charge in [0, 0.05) is 19.9 Å². The number of hydrogen-bond acceptors (Lipinski definition) is 1. The smallest absolute Gasteiger partial charge is 0.119 e. The Morgan fingerprint density at radius 1 is 0.714 bits per heavy atom. The Morgan fingerprint density at radius 2 is 1.23 bits per heavy atom. The summed E-state index contributed by atoms with van der Waals surface area (Å²) in [6.45, 7) is 18.3. The monoisotopic (exact) mass is 478 g/mol. The molecule has 0 heterocycles. The first-order valence-corrected chi connectivity index (χ1v) is 15.4. The maximum absolute atomic E-state index is 11.8. The molecule has 180 valence electrons. The fraction of sp³-hybridized carbons (Fsp3) is 0.364. The summed E-state index contributed by atoms with van der Waals surface area (Å²) in [6.07, 6.45) is 0.866. The minimum absolute atomic E-state index is 0.0424. The third kappa shape index (κ3) is 3.96. The van der Waals surface area contributed by atoms with Crippen molar-refractivity contribution >= 4 is 19.2 Å². The van der Waals surface area contributed by atoms with Crippen LogP contribution in [0, 0.1) is 0 Å². The number of hydrogen-bond donors (Lipinski definition) is 1. The number of fused-ring (bicyclic) bond motifs is 4. The van der Waals surface area contributed by atoms with Gasteiger partial charge < -0.3 is 5.11 Å². The van der Waals surface area contributed by atoms with E-state index >= 15 is 0 Å². The van der Waals surface area contributed by atoms with Gasteiger partial charge in [-0.05, 0) is 66.9 Å². The maximum atomic E-state index is 11.8. The molecule has 0 unspecified atom stereocenters. The highest BCUT2D eigenvalue weighted by atomic mass is 28.2. The average molecular weight is 479 g/mol. The van der Waals surface area contributed by atoms with E-state index in [1.54, 1.807) is 0 Å². The second-order valence-electron chi connectivity index (χ2n) is 12.6. The molecule has 0 aromatic heterocycles. The van der Waals surface area contributed by atoms with E-state index in [1.165, 1.54) is 49.7 Å². The van der Waals surface area contributed by atoms with Gasteiger partial charge in [0.1, 0.15) is 5.76 Å². The maximum Gasteiger partial charge on any atom is 0.119 e. The Balaban J connectivity index is 1.84. The minimum atomic E-state index is -0.783. The first-order chi connectivity index (χ1) is 16.4. The van der Waals surface area contributed by atoms with Gasteiger partial charge in [0.2, 0.25) is 0 Å². The number of aliphatic hydroxyl groups is 1. The molecular weight excluding hydrogens is 440 g/mol. The highest BCUT2D eigenvalue weighted by molar-refractivity contribution is 6.72. The second kappa shape index (κ2) is 8.16. The Morgan fingerprint density at radius 3 is 1.71 bits per heavy atom. The fourth-order valence-electron chi connectivity index (χ4n) is 5.70. The lowest BCUT2D eigenvalue weighted by molar-refractivity contribution is 0.442. The summed E-state index contributed by atoms with van der Waals surface area (Å²) in [6, 6.07) is 22.8. The molecule has 0 aliphatic heterocycles. The summed E-state index contributed by atoms with van der Waals surface area (Å²) < 4.78 is 0. The molecule has 0 saturated heterocycles. The van der Waals surface area contributed by atoms with Crippen LogP contribution in [0.2, 0.25) is 13.1 Å². The number of rotatable bonds is 1. The van der Waals surface area contributed by atoms with Crippen molar-refractivity contribution in [2.45, 2.75) is 77.8 Å². The molecule has 0 amide bonds. The molecule has 1 nitrogen and oxygen atoms in total. The molecule has 0 bridgehead atoms. The number of allylic oxidation sites excluding steroid dienone is 2. The molecule has 0 saturated carbocycles. The van der Waals surface area contributed by atoms with Gasteiger partial charge in [-0.25, -0.2) is 0 Å². The van der Waals surface area contributed by atoms with Crippen LogP contribution >= 0.6 is 0 Å². The number of aliphatic hydroxyl groups excluding tert-OH is 1. The molecule has 2 heteroatoms. The summed E-state index contributed by atoms with van der Waals surface area (Å²) >= 11 is 0. The zero-order chi connectivity index (χ0) is 25.3. The van der Waals surface area contributed by atoms with Crippen LogP contribution in [0.3, 0.4) is 0 Å². The molecule has 35 heavy (non-hydrogen) atoms. The van der Waals surface area contributed by atoms with Gasteiger partial charge in [-0.2, -0.15) is 0 Å². The van der Waals surface area contributed by atoms with Crippen molar-refractivity contribution in [3.05, 3.63) is 99.8 Å². The lowest BCUT2D eigenvalue weighted by Crippen LogP contribution is -2.24. The SMILES string of the molecule is C[Si](C)=C1Cc2ccccc2C(C2c3ccc(C(C)(C)C)cc3-c3cc(C(C)(C)C)ccc32)=C1O. The summed E-state index contributed by atoms with van der Waals surface area (Å²) in [5.41, 5.74) is 11.8. The van der Waals surface area contributed by atoms with Crippen molar-refractivity contribution in [3.63, 3.8) is 0 Å². The van der Waals surface area contributed by atoms with Gasteiger partial charge in [-0.1, -0.05) is 115 Å². The molecule has 5 rings (SSSR count). The third-order valence-corrected chi connectivity index (χ3v) is 9.48. The molecule has 2 aliphatic rings. The van der Waals surface area contributed by atoms with Crippen molar-refractivity contribution < 1.29 is 5.11 Å². The van der Waals surface area contributed by atoms with Crippen molar-refractivity contribution in [1.82, 2.24) is 0 Å². The van der Waals surface area contributed by atoms with Crippen LogP contribution in [0.25, 0.3) is 16.7 Å². The standard InChI is InChI=1S/C33H38OSi/c1-32(2,3)21-13-15-24-26(18-21)27-19-22(33(4,5)6)14-16-25(27)29(24)30-23-12-10-9-11-20(23)17-28(31(30)34)35(7)8/h9-16,18-19,29,34H,17H2,1-8H3. The van der Waals surface area contributed by atoms with Gasteiger partial charge in [-0.15, -0.1) is 0 Å². The minimum Gasteiger partial charge on any atom is -0.508 e. The largest absolute Gasteiger partial charge is 0.508 e. The lowest BCUT2D eigenvalue weighted by atomic mass is 9.77. The summed E-state index contributed by atoms with van der Waals surface area (Å²) in [7, 11) is -0.783. The van der Waals surface area contributed by atoms with Gasteiger partial charge in [0.05, 0.1) is 0 Å². The number of benzene rings is 3.